The highest BCUT2D eigenvalue weighted by Crippen LogP contribution is 2.30. The second-order valence-corrected chi connectivity index (χ2v) is 7.95. The Hall–Kier alpha value is -3.54. The van der Waals surface area contributed by atoms with Crippen molar-refractivity contribution in [2.24, 2.45) is 0 Å². The van der Waals surface area contributed by atoms with Crippen molar-refractivity contribution in [2.75, 3.05) is 20.8 Å². The summed E-state index contributed by atoms with van der Waals surface area (Å²) < 4.78 is 29.3. The molecule has 1 aliphatic rings. The van der Waals surface area contributed by atoms with E-state index in [1.165, 1.54) is 18.2 Å². The van der Waals surface area contributed by atoms with E-state index in [4.69, 9.17) is 18.9 Å². The summed E-state index contributed by atoms with van der Waals surface area (Å²) in [6, 6.07) is 3.11. The zero-order valence-electron chi connectivity index (χ0n) is 19.9. The molecule has 12 heteroatoms. The number of rotatable bonds is 10. The van der Waals surface area contributed by atoms with Crippen molar-refractivity contribution >= 4 is 24.4 Å². The average molecular weight is 497 g/mol. The molecule has 0 bridgehead atoms. The van der Waals surface area contributed by atoms with Gasteiger partial charge >= 0.3 is 24.4 Å². The smallest absolute Gasteiger partial charge is 0.480 e. The van der Waals surface area contributed by atoms with Crippen molar-refractivity contribution in [3.63, 3.8) is 0 Å². The van der Waals surface area contributed by atoms with E-state index in [-0.39, 0.29) is 30.6 Å². The second-order valence-electron chi connectivity index (χ2n) is 7.95. The molecule has 1 aromatic carbocycles. The van der Waals surface area contributed by atoms with Crippen LogP contribution in [-0.2, 0) is 30.2 Å². The maximum atomic E-state index is 12.0. The third kappa shape index (κ3) is 9.69. The van der Waals surface area contributed by atoms with Crippen LogP contribution < -0.4 is 14.8 Å². The van der Waals surface area contributed by atoms with Crippen molar-refractivity contribution in [2.45, 2.75) is 63.7 Å². The summed E-state index contributed by atoms with van der Waals surface area (Å²) in [4.78, 5) is 46.7. The Bertz CT molecular complexity index is 882. The van der Waals surface area contributed by atoms with E-state index in [1.54, 1.807) is 6.92 Å². The maximum Gasteiger partial charge on any atom is 0.513 e. The number of methoxy groups -OCH3 is 2. The molecule has 2 atom stereocenters. The van der Waals surface area contributed by atoms with Gasteiger partial charge in [0.1, 0.15) is 18.2 Å². The lowest BCUT2D eigenvalue weighted by molar-refractivity contribution is -0.139. The Morgan fingerprint density at radius 2 is 1.60 bits per heavy atom. The first kappa shape index (κ1) is 27.7. The molecule has 0 amide bonds. The molecule has 0 heterocycles. The lowest BCUT2D eigenvalue weighted by Crippen LogP contribution is -2.43. The van der Waals surface area contributed by atoms with Crippen LogP contribution in [0.1, 0.15) is 44.6 Å². The molecular formula is C23H31NO11. The summed E-state index contributed by atoms with van der Waals surface area (Å²) >= 11 is 0. The molecule has 1 unspecified atom stereocenters. The molecule has 0 radical (unpaired) electrons. The van der Waals surface area contributed by atoms with Crippen LogP contribution in [0.3, 0.4) is 0 Å². The quantitative estimate of drug-likeness (QED) is 0.276. The van der Waals surface area contributed by atoms with Gasteiger partial charge in [0.15, 0.2) is 11.5 Å². The van der Waals surface area contributed by atoms with Crippen molar-refractivity contribution in [1.82, 2.24) is 5.32 Å². The van der Waals surface area contributed by atoms with Crippen LogP contribution in [0, 0.1) is 0 Å². The van der Waals surface area contributed by atoms with Gasteiger partial charge in [-0.05, 0) is 56.7 Å². The van der Waals surface area contributed by atoms with E-state index in [2.05, 4.69) is 14.8 Å². The molecule has 2 rings (SSSR count). The van der Waals surface area contributed by atoms with Crippen molar-refractivity contribution in [3.8, 4) is 11.5 Å². The van der Waals surface area contributed by atoms with Gasteiger partial charge < -0.3 is 38.8 Å². The molecule has 194 valence electrons. The third-order valence-electron chi connectivity index (χ3n) is 5.23. The normalized spacial score (nSPS) is 15.3. The van der Waals surface area contributed by atoms with Crippen LogP contribution in [0.4, 0.5) is 14.4 Å². The monoisotopic (exact) mass is 497 g/mol. The second kappa shape index (κ2) is 14.0. The molecule has 0 spiro atoms. The molecule has 2 N–H and O–H groups in total. The fourth-order valence-electron chi connectivity index (χ4n) is 3.45. The highest BCUT2D eigenvalue weighted by Gasteiger charge is 2.23. The van der Waals surface area contributed by atoms with E-state index in [0.29, 0.717) is 5.56 Å². The van der Waals surface area contributed by atoms with Gasteiger partial charge in [0.25, 0.3) is 0 Å². The van der Waals surface area contributed by atoms with E-state index in [9.17, 15) is 24.3 Å². The van der Waals surface area contributed by atoms with Gasteiger partial charge in [0.2, 0.25) is 0 Å². The zero-order valence-corrected chi connectivity index (χ0v) is 19.9. The van der Waals surface area contributed by atoms with Gasteiger partial charge in [-0.3, -0.25) is 4.79 Å². The average Bonchev–Trinajstić information content (AvgIpc) is 2.83. The number of carboxylic acids is 1. The molecule has 1 aromatic rings. The minimum atomic E-state index is -1.15. The Morgan fingerprint density at radius 3 is 2.20 bits per heavy atom. The maximum absolute atomic E-state index is 12.0. The van der Waals surface area contributed by atoms with E-state index in [1.807, 2.05) is 0 Å². The molecule has 0 aliphatic heterocycles. The molecule has 1 aliphatic carbocycles. The van der Waals surface area contributed by atoms with Gasteiger partial charge in [0.05, 0.1) is 14.2 Å². The number of carbonyl (C=O) groups excluding carboxylic acids is 3. The molecule has 0 aromatic heterocycles. The Kier molecular flexibility index (Phi) is 11.1. The van der Waals surface area contributed by atoms with Gasteiger partial charge in [-0.25, -0.2) is 14.4 Å². The zero-order chi connectivity index (χ0) is 25.8. The van der Waals surface area contributed by atoms with Crippen LogP contribution in [-0.4, -0.2) is 68.6 Å². The minimum absolute atomic E-state index is 0.0232. The number of hydrogen-bond acceptors (Lipinski definition) is 11. The van der Waals surface area contributed by atoms with Crippen LogP contribution >= 0.6 is 0 Å². The SMILES string of the molecule is COC(=O)Oc1ccc(C[C@H](NCC(C)OC(=O)OC2CCCCC2)C(=O)O)cc1OC(=O)OC. The lowest BCUT2D eigenvalue weighted by Gasteiger charge is -2.23. The van der Waals surface area contributed by atoms with Gasteiger partial charge in [-0.2, -0.15) is 0 Å². The highest BCUT2D eigenvalue weighted by atomic mass is 16.7. The van der Waals surface area contributed by atoms with E-state index in [0.717, 1.165) is 46.3 Å². The van der Waals surface area contributed by atoms with Crippen molar-refractivity contribution in [1.29, 1.82) is 0 Å². The molecular weight excluding hydrogens is 466 g/mol. The number of ether oxygens (including phenoxy) is 6. The first-order valence-electron chi connectivity index (χ1n) is 11.2. The third-order valence-corrected chi connectivity index (χ3v) is 5.23. The fraction of sp³-hybridized carbons (Fsp3) is 0.565. The molecule has 1 saturated carbocycles. The number of carboxylic acid groups (broad SMARTS) is 1. The minimum Gasteiger partial charge on any atom is -0.480 e. The van der Waals surface area contributed by atoms with Crippen molar-refractivity contribution < 1.29 is 52.7 Å². The number of benzene rings is 1. The number of nitrogens with one attached hydrogen (secondary N) is 1. The fourth-order valence-corrected chi connectivity index (χ4v) is 3.45. The summed E-state index contributed by atoms with van der Waals surface area (Å²) in [5, 5.41) is 12.5. The summed E-state index contributed by atoms with van der Waals surface area (Å²) in [7, 11) is 2.21. The number of carbonyl (C=O) groups is 4. The summed E-state index contributed by atoms with van der Waals surface area (Å²) in [5.74, 6) is -1.43. The van der Waals surface area contributed by atoms with Crippen LogP contribution in [0.2, 0.25) is 0 Å². The van der Waals surface area contributed by atoms with Crippen molar-refractivity contribution in [3.05, 3.63) is 23.8 Å². The first-order valence-corrected chi connectivity index (χ1v) is 11.2. The first-order chi connectivity index (χ1) is 16.7. The largest absolute Gasteiger partial charge is 0.513 e. The Morgan fingerprint density at radius 1 is 0.971 bits per heavy atom. The predicted octanol–water partition coefficient (Wildman–Crippen LogP) is 3.44. The van der Waals surface area contributed by atoms with E-state index < -0.39 is 36.6 Å². The highest BCUT2D eigenvalue weighted by molar-refractivity contribution is 5.74. The summed E-state index contributed by atoms with van der Waals surface area (Å²) in [6.07, 6.45) is 1.11. The molecule has 12 nitrogen and oxygen atoms in total. The molecule has 35 heavy (non-hydrogen) atoms. The molecule has 1 fully saturated rings. The standard InChI is InChI=1S/C23H31NO11/c1-14(32-23(29)33-16-7-5-4-6-8-16)13-24-17(20(25)26)11-15-9-10-18(34-21(27)30-2)19(12-15)35-22(28)31-3/h9-10,12,14,16-17,24H,4-8,11,13H2,1-3H3,(H,25,26)/t14?,17-/m0/s1. The lowest BCUT2D eigenvalue weighted by atomic mass is 9.98. The Balaban J connectivity index is 1.97. The number of hydrogen-bond donors (Lipinski definition) is 2. The topological polar surface area (TPSA) is 156 Å². The van der Waals surface area contributed by atoms with Crippen LogP contribution in [0.15, 0.2) is 18.2 Å². The number of aliphatic carboxylic acids is 1. The van der Waals surface area contributed by atoms with E-state index >= 15 is 0 Å². The van der Waals surface area contributed by atoms with Gasteiger partial charge in [0, 0.05) is 6.54 Å². The summed E-state index contributed by atoms with van der Waals surface area (Å²) in [6.45, 7) is 1.68. The van der Waals surface area contributed by atoms with Gasteiger partial charge in [-0.15, -0.1) is 0 Å². The Labute approximate surface area is 202 Å². The van der Waals surface area contributed by atoms with Crippen LogP contribution in [0.5, 0.6) is 11.5 Å². The predicted molar refractivity (Wildman–Crippen MR) is 120 cm³/mol. The molecule has 0 saturated heterocycles. The van der Waals surface area contributed by atoms with Gasteiger partial charge in [-0.1, -0.05) is 12.5 Å². The summed E-state index contributed by atoms with van der Waals surface area (Å²) in [5.41, 5.74) is 0.450. The van der Waals surface area contributed by atoms with Crippen LogP contribution in [0.25, 0.3) is 0 Å².